The number of anilines is 2. The predicted octanol–water partition coefficient (Wildman–Crippen LogP) is 0.979. The lowest BCUT2D eigenvalue weighted by atomic mass is 10.2. The zero-order chi connectivity index (χ0) is 22.1. The largest absolute Gasteiger partial charge is 0.332 e. The van der Waals surface area contributed by atoms with Gasteiger partial charge >= 0.3 is 5.69 Å². The van der Waals surface area contributed by atoms with Crippen molar-refractivity contribution in [3.05, 3.63) is 51.4 Å². The molecule has 3 aromatic rings. The van der Waals surface area contributed by atoms with Crippen LogP contribution in [-0.4, -0.2) is 37.0 Å². The number of imidazole rings is 1. The summed E-state index contributed by atoms with van der Waals surface area (Å²) in [5.41, 5.74) is 1.13. The summed E-state index contributed by atoms with van der Waals surface area (Å²) in [5, 5.41) is 2.89. The third kappa shape index (κ3) is 3.76. The summed E-state index contributed by atoms with van der Waals surface area (Å²) >= 11 is 0. The fraction of sp³-hybridized carbons (Fsp3) is 0.381. The number of hydrogen-bond donors (Lipinski definition) is 1. The first kappa shape index (κ1) is 20.6. The summed E-state index contributed by atoms with van der Waals surface area (Å²) in [6.45, 7) is 1.06. The smallest absolute Gasteiger partial charge is 0.325 e. The van der Waals surface area contributed by atoms with E-state index in [-0.39, 0.29) is 18.2 Å². The highest BCUT2D eigenvalue weighted by Crippen LogP contribution is 2.29. The lowest BCUT2D eigenvalue weighted by Gasteiger charge is -2.20. The van der Waals surface area contributed by atoms with E-state index in [1.54, 1.807) is 22.6 Å². The molecule has 1 N–H and O–H groups in total. The number of aryl methyl sites for hydroxylation is 2. The van der Waals surface area contributed by atoms with Crippen molar-refractivity contribution in [3.63, 3.8) is 0 Å². The number of hydrogen-bond acceptors (Lipinski definition) is 5. The van der Waals surface area contributed by atoms with Crippen LogP contribution >= 0.6 is 0 Å². The Morgan fingerprint density at radius 1 is 1.13 bits per heavy atom. The Kier molecular flexibility index (Phi) is 5.45. The van der Waals surface area contributed by atoms with E-state index in [4.69, 9.17) is 0 Å². The van der Waals surface area contributed by atoms with Gasteiger partial charge in [-0.05, 0) is 25.0 Å². The van der Waals surface area contributed by atoms with Gasteiger partial charge in [0.15, 0.2) is 11.2 Å². The molecule has 2 amide bonds. The Hall–Kier alpha value is -3.69. The number of benzene rings is 1. The van der Waals surface area contributed by atoms with Gasteiger partial charge in [-0.1, -0.05) is 12.1 Å². The summed E-state index contributed by atoms with van der Waals surface area (Å²) < 4.78 is 4.04. The van der Waals surface area contributed by atoms with E-state index < -0.39 is 11.2 Å². The van der Waals surface area contributed by atoms with Gasteiger partial charge in [0.1, 0.15) is 0 Å². The molecule has 0 radical (unpaired) electrons. The van der Waals surface area contributed by atoms with Gasteiger partial charge in [-0.2, -0.15) is 0 Å². The number of carbonyl (C=O) groups excluding carboxylic acids is 2. The molecule has 4 rings (SSSR count). The van der Waals surface area contributed by atoms with Crippen molar-refractivity contribution in [2.75, 3.05) is 16.8 Å². The SMILES string of the molecule is Cn1c(=O)c2c(ncn2CCCC(=O)Nc2ccccc2N2CCCC2=O)n(C)c1=O. The maximum absolute atomic E-state index is 12.5. The Morgan fingerprint density at radius 2 is 1.90 bits per heavy atom. The third-order valence-corrected chi connectivity index (χ3v) is 5.56. The zero-order valence-corrected chi connectivity index (χ0v) is 17.5. The number of para-hydroxylation sites is 2. The van der Waals surface area contributed by atoms with Gasteiger partial charge in [0.2, 0.25) is 11.8 Å². The summed E-state index contributed by atoms with van der Waals surface area (Å²) in [6.07, 6.45) is 3.55. The molecule has 1 aliphatic heterocycles. The molecule has 10 nitrogen and oxygen atoms in total. The van der Waals surface area contributed by atoms with Gasteiger partial charge in [-0.3, -0.25) is 23.5 Å². The minimum atomic E-state index is -0.433. The Balaban J connectivity index is 1.44. The average Bonchev–Trinajstić information content (AvgIpc) is 3.37. The quantitative estimate of drug-likeness (QED) is 0.634. The number of fused-ring (bicyclic) bond motifs is 1. The number of rotatable bonds is 6. The molecule has 162 valence electrons. The fourth-order valence-corrected chi connectivity index (χ4v) is 3.91. The number of amides is 2. The summed E-state index contributed by atoms with van der Waals surface area (Å²) in [4.78, 5) is 55.0. The normalized spacial score (nSPS) is 13.9. The Labute approximate surface area is 177 Å². The first-order valence-corrected chi connectivity index (χ1v) is 10.2. The van der Waals surface area contributed by atoms with E-state index in [0.717, 1.165) is 11.0 Å². The van der Waals surface area contributed by atoms with Gasteiger partial charge in [0, 0.05) is 40.0 Å². The van der Waals surface area contributed by atoms with Crippen molar-refractivity contribution < 1.29 is 9.59 Å². The Morgan fingerprint density at radius 3 is 2.65 bits per heavy atom. The van der Waals surface area contributed by atoms with Crippen LogP contribution in [0.3, 0.4) is 0 Å². The van der Waals surface area contributed by atoms with Crippen molar-refractivity contribution in [3.8, 4) is 0 Å². The van der Waals surface area contributed by atoms with Crippen molar-refractivity contribution in [1.82, 2.24) is 18.7 Å². The number of nitrogens with one attached hydrogen (secondary N) is 1. The zero-order valence-electron chi connectivity index (χ0n) is 17.5. The first-order chi connectivity index (χ1) is 14.9. The highest BCUT2D eigenvalue weighted by molar-refractivity contribution is 6.02. The molecule has 31 heavy (non-hydrogen) atoms. The Bertz CT molecular complexity index is 1290. The number of carbonyl (C=O) groups is 2. The maximum Gasteiger partial charge on any atom is 0.332 e. The van der Waals surface area contributed by atoms with Gasteiger partial charge in [0.05, 0.1) is 17.7 Å². The lowest BCUT2D eigenvalue weighted by molar-refractivity contribution is -0.117. The van der Waals surface area contributed by atoms with E-state index in [2.05, 4.69) is 10.3 Å². The molecular formula is C21H24N6O4. The van der Waals surface area contributed by atoms with E-state index in [0.29, 0.717) is 48.5 Å². The summed E-state index contributed by atoms with van der Waals surface area (Å²) in [5.74, 6) is -0.117. The molecule has 2 aromatic heterocycles. The molecule has 1 aliphatic rings. The van der Waals surface area contributed by atoms with Crippen LogP contribution in [0.15, 0.2) is 40.2 Å². The second-order valence-electron chi connectivity index (χ2n) is 7.63. The van der Waals surface area contributed by atoms with Crippen LogP contribution in [0.5, 0.6) is 0 Å². The second kappa shape index (κ2) is 8.21. The molecular weight excluding hydrogens is 400 g/mol. The highest BCUT2D eigenvalue weighted by atomic mass is 16.2. The molecule has 10 heteroatoms. The monoisotopic (exact) mass is 424 g/mol. The predicted molar refractivity (Wildman–Crippen MR) is 116 cm³/mol. The van der Waals surface area contributed by atoms with Gasteiger partial charge in [-0.15, -0.1) is 0 Å². The van der Waals surface area contributed by atoms with Crippen LogP contribution in [-0.2, 0) is 30.2 Å². The molecule has 0 saturated carbocycles. The molecule has 1 fully saturated rings. The summed E-state index contributed by atoms with van der Waals surface area (Å²) in [7, 11) is 2.99. The fourth-order valence-electron chi connectivity index (χ4n) is 3.91. The minimum absolute atomic E-state index is 0.0599. The van der Waals surface area contributed by atoms with Crippen LogP contribution in [0.2, 0.25) is 0 Å². The van der Waals surface area contributed by atoms with E-state index in [1.807, 2.05) is 18.2 Å². The maximum atomic E-state index is 12.5. The van der Waals surface area contributed by atoms with Crippen LogP contribution in [0, 0.1) is 0 Å². The summed E-state index contributed by atoms with van der Waals surface area (Å²) in [6, 6.07) is 7.27. The van der Waals surface area contributed by atoms with Crippen molar-refractivity contribution in [1.29, 1.82) is 0 Å². The number of aromatic nitrogens is 4. The highest BCUT2D eigenvalue weighted by Gasteiger charge is 2.24. The molecule has 0 spiro atoms. The number of nitrogens with zero attached hydrogens (tertiary/aromatic N) is 5. The molecule has 0 bridgehead atoms. The van der Waals surface area contributed by atoms with E-state index in [1.165, 1.54) is 17.9 Å². The third-order valence-electron chi connectivity index (χ3n) is 5.56. The van der Waals surface area contributed by atoms with Crippen molar-refractivity contribution in [2.24, 2.45) is 14.1 Å². The van der Waals surface area contributed by atoms with Gasteiger partial charge in [0.25, 0.3) is 5.56 Å². The van der Waals surface area contributed by atoms with Crippen molar-refractivity contribution in [2.45, 2.75) is 32.2 Å². The van der Waals surface area contributed by atoms with Gasteiger partial charge in [-0.25, -0.2) is 9.78 Å². The van der Waals surface area contributed by atoms with Crippen molar-refractivity contribution >= 4 is 34.4 Å². The van der Waals surface area contributed by atoms with Gasteiger partial charge < -0.3 is 14.8 Å². The van der Waals surface area contributed by atoms with Crippen LogP contribution < -0.4 is 21.5 Å². The lowest BCUT2D eigenvalue weighted by Crippen LogP contribution is -2.37. The molecule has 1 aromatic carbocycles. The van der Waals surface area contributed by atoms with E-state index in [9.17, 15) is 19.2 Å². The molecule has 3 heterocycles. The molecule has 0 aliphatic carbocycles. The van der Waals surface area contributed by atoms with Crippen LogP contribution in [0.4, 0.5) is 11.4 Å². The second-order valence-corrected chi connectivity index (χ2v) is 7.63. The molecule has 0 unspecified atom stereocenters. The van der Waals surface area contributed by atoms with Crippen LogP contribution in [0.1, 0.15) is 25.7 Å². The molecule has 0 atom stereocenters. The standard InChI is InChI=1S/C21H24N6O4/c1-24-19-18(20(30)25(2)21(24)31)26(13-22-19)11-5-9-16(28)23-14-7-3-4-8-15(14)27-12-6-10-17(27)29/h3-4,7-8,13H,5-6,9-12H2,1-2H3,(H,23,28). The topological polar surface area (TPSA) is 111 Å². The van der Waals surface area contributed by atoms with E-state index >= 15 is 0 Å². The average molecular weight is 424 g/mol. The minimum Gasteiger partial charge on any atom is -0.325 e. The molecule has 1 saturated heterocycles. The first-order valence-electron chi connectivity index (χ1n) is 10.2. The van der Waals surface area contributed by atoms with Crippen LogP contribution in [0.25, 0.3) is 11.2 Å².